The van der Waals surface area contributed by atoms with Crippen LogP contribution in [0, 0.1) is 0 Å². The molecule has 0 saturated carbocycles. The van der Waals surface area contributed by atoms with Gasteiger partial charge in [0.25, 0.3) is 0 Å². The maximum atomic E-state index is 2.41. The van der Waals surface area contributed by atoms with E-state index >= 15 is 0 Å². The third-order valence-corrected chi connectivity index (χ3v) is 44.5. The van der Waals surface area contributed by atoms with Crippen LogP contribution in [0.2, 0.25) is 36.3 Å². The Bertz CT molecular complexity index is 373. The smallest absolute Gasteiger partial charge is 0.0377 e. The molecule has 0 aromatic rings. The second kappa shape index (κ2) is 28.8. The predicted octanol–water partition coefficient (Wildman–Crippen LogP) is 13.5. The van der Waals surface area contributed by atoms with E-state index in [9.17, 15) is 0 Å². The molecule has 0 heterocycles. The Balaban J connectivity index is 6.10. The first-order chi connectivity index (χ1) is 19.1. The van der Waals surface area contributed by atoms with Crippen molar-refractivity contribution in [3.05, 3.63) is 0 Å². The van der Waals surface area contributed by atoms with Gasteiger partial charge in [-0.3, -0.25) is 0 Å². The monoisotopic (exact) mass is 597 g/mol. The van der Waals surface area contributed by atoms with E-state index in [1.54, 1.807) is 113 Å². The number of hydrogen-bond acceptors (Lipinski definition) is 0. The van der Waals surface area contributed by atoms with E-state index in [4.69, 9.17) is 0 Å². The summed E-state index contributed by atoms with van der Waals surface area (Å²) in [6.45, 7) is 14.5. The minimum atomic E-state index is -1.09. The molecule has 0 atom stereocenters. The highest BCUT2D eigenvalue weighted by Crippen LogP contribution is 2.37. The maximum Gasteiger partial charge on any atom is 0.0377 e. The van der Waals surface area contributed by atoms with E-state index in [0.717, 1.165) is 0 Å². The summed E-state index contributed by atoms with van der Waals surface area (Å²) in [4.78, 5) is 0. The first kappa shape index (κ1) is 39.7. The van der Waals surface area contributed by atoms with Crippen LogP contribution in [-0.4, -0.2) is 23.7 Å². The van der Waals surface area contributed by atoms with Crippen molar-refractivity contribution in [1.29, 1.82) is 0 Å². The SMILES string of the molecule is CCCCCC[Si](CCCCCC)(CCCCCC)[SiH2][Si](CCCCCC)(CCCCCC)CCCCCC. The van der Waals surface area contributed by atoms with Crippen LogP contribution in [-0.2, 0) is 0 Å². The van der Waals surface area contributed by atoms with Crippen molar-refractivity contribution in [3.8, 4) is 0 Å². The minimum Gasteiger partial charge on any atom is -0.0654 e. The quantitative estimate of drug-likeness (QED) is 0.0535. The van der Waals surface area contributed by atoms with Crippen molar-refractivity contribution in [1.82, 2.24) is 0 Å². The minimum absolute atomic E-state index is 0.0978. The van der Waals surface area contributed by atoms with Gasteiger partial charge in [-0.2, -0.15) is 0 Å². The lowest BCUT2D eigenvalue weighted by Crippen LogP contribution is -2.57. The van der Waals surface area contributed by atoms with Crippen molar-refractivity contribution < 1.29 is 0 Å². The molecule has 0 aliphatic rings. The Morgan fingerprint density at radius 3 is 0.590 bits per heavy atom. The van der Waals surface area contributed by atoms with Crippen molar-refractivity contribution in [2.75, 3.05) is 0 Å². The summed E-state index contributed by atoms with van der Waals surface area (Å²) in [6, 6.07) is 10.6. The second-order valence-electron chi connectivity index (χ2n) is 14.0. The fraction of sp³-hybridized carbons (Fsp3) is 1.00. The van der Waals surface area contributed by atoms with E-state index in [-0.39, 0.29) is 8.55 Å². The molecular weight excluding hydrogens is 517 g/mol. The predicted molar refractivity (Wildman–Crippen MR) is 194 cm³/mol. The molecule has 0 fully saturated rings. The molecule has 0 unspecified atom stereocenters. The highest BCUT2D eigenvalue weighted by atomic mass is 29.6. The summed E-state index contributed by atoms with van der Waals surface area (Å²) in [6.07, 6.45) is 36.3. The fourth-order valence-corrected chi connectivity index (χ4v) is 54.1. The molecule has 0 aliphatic heterocycles. The summed E-state index contributed by atoms with van der Waals surface area (Å²) in [5.74, 6) is 0. The Hall–Kier alpha value is 0.651. The summed E-state index contributed by atoms with van der Waals surface area (Å²) >= 11 is 0. The van der Waals surface area contributed by atoms with Gasteiger partial charge in [0, 0.05) is 23.7 Å². The molecule has 0 amide bonds. The zero-order valence-electron chi connectivity index (χ0n) is 28.9. The van der Waals surface area contributed by atoms with E-state index < -0.39 is 15.2 Å². The largest absolute Gasteiger partial charge is 0.0654 e. The number of rotatable bonds is 32. The van der Waals surface area contributed by atoms with Crippen molar-refractivity contribution in [2.45, 2.75) is 232 Å². The molecule has 0 nitrogen and oxygen atoms in total. The van der Waals surface area contributed by atoms with Gasteiger partial charge < -0.3 is 0 Å². The van der Waals surface area contributed by atoms with Gasteiger partial charge >= 0.3 is 0 Å². The molecule has 3 heteroatoms. The molecule has 0 aliphatic carbocycles. The molecule has 0 aromatic heterocycles. The van der Waals surface area contributed by atoms with Gasteiger partial charge in [0.2, 0.25) is 0 Å². The van der Waals surface area contributed by atoms with Crippen molar-refractivity contribution in [3.63, 3.8) is 0 Å². The third-order valence-electron chi connectivity index (χ3n) is 10.1. The molecule has 0 N–H and O–H groups in total. The first-order valence-corrected chi connectivity index (χ1v) is 29.0. The van der Waals surface area contributed by atoms with Crippen molar-refractivity contribution in [2.24, 2.45) is 0 Å². The summed E-state index contributed by atoms with van der Waals surface area (Å²) in [5, 5.41) is 0. The van der Waals surface area contributed by atoms with Crippen LogP contribution in [0.3, 0.4) is 0 Å². The molecular formula is C36H80Si3. The normalized spacial score (nSPS) is 12.5. The van der Waals surface area contributed by atoms with Gasteiger partial charge in [-0.05, 0) is 0 Å². The average Bonchev–Trinajstić information content (AvgIpc) is 2.94. The lowest BCUT2D eigenvalue weighted by Gasteiger charge is -2.43. The van der Waals surface area contributed by atoms with Gasteiger partial charge in [0.15, 0.2) is 0 Å². The van der Waals surface area contributed by atoms with Crippen LogP contribution in [0.15, 0.2) is 0 Å². The van der Waals surface area contributed by atoms with Crippen LogP contribution in [0.1, 0.15) is 196 Å². The molecule has 0 aromatic carbocycles. The Morgan fingerprint density at radius 2 is 0.436 bits per heavy atom. The Kier molecular flexibility index (Phi) is 29.2. The van der Waals surface area contributed by atoms with Gasteiger partial charge in [-0.25, -0.2) is 0 Å². The van der Waals surface area contributed by atoms with E-state index in [0.29, 0.717) is 0 Å². The molecule has 0 saturated heterocycles. The summed E-state index contributed by atoms with van der Waals surface area (Å²) < 4.78 is 0. The van der Waals surface area contributed by atoms with Gasteiger partial charge in [0.05, 0.1) is 0 Å². The number of hydrogen-bond donors (Lipinski definition) is 0. The van der Waals surface area contributed by atoms with Crippen LogP contribution < -0.4 is 0 Å². The average molecular weight is 597 g/mol. The van der Waals surface area contributed by atoms with Crippen LogP contribution in [0.5, 0.6) is 0 Å². The number of unbranched alkanes of at least 4 members (excludes halogenated alkanes) is 18. The van der Waals surface area contributed by atoms with Crippen LogP contribution >= 0.6 is 0 Å². The highest BCUT2D eigenvalue weighted by molar-refractivity contribution is 7.53. The zero-order valence-corrected chi connectivity index (χ0v) is 32.3. The standard InChI is InChI=1S/C36H80Si3/c1-7-13-19-25-31-38(32-26-20-14-8-2,33-27-21-15-9-3)37-39(34-28-22-16-10-4,35-29-23-17-11-5)36-30-24-18-12-6/h7-37H2,1-6H3. The molecule has 0 spiro atoms. The fourth-order valence-electron chi connectivity index (χ4n) is 7.64. The highest BCUT2D eigenvalue weighted by Gasteiger charge is 2.42. The Morgan fingerprint density at radius 1 is 0.256 bits per heavy atom. The lowest BCUT2D eigenvalue weighted by atomic mass is 10.2. The second-order valence-corrected chi connectivity index (χ2v) is 36.6. The third kappa shape index (κ3) is 21.9. The van der Waals surface area contributed by atoms with Gasteiger partial charge in [0.1, 0.15) is 0 Å². The van der Waals surface area contributed by atoms with Crippen LogP contribution in [0.4, 0.5) is 0 Å². The molecule has 39 heavy (non-hydrogen) atoms. The first-order valence-electron chi connectivity index (χ1n) is 19.1. The molecule has 0 bridgehead atoms. The Labute approximate surface area is 254 Å². The molecule has 236 valence electrons. The van der Waals surface area contributed by atoms with Gasteiger partial charge in [-0.15, -0.1) is 0 Å². The summed E-state index contributed by atoms with van der Waals surface area (Å²) in [5.41, 5.74) is 0. The molecule has 0 rings (SSSR count). The zero-order chi connectivity index (χ0) is 28.9. The topological polar surface area (TPSA) is 0 Å². The van der Waals surface area contributed by atoms with Crippen LogP contribution in [0.25, 0.3) is 0 Å². The summed E-state index contributed by atoms with van der Waals surface area (Å²) in [7, 11) is -2.07. The molecule has 0 radical (unpaired) electrons. The maximum absolute atomic E-state index is 2.41. The van der Waals surface area contributed by atoms with Gasteiger partial charge in [-0.1, -0.05) is 232 Å². The van der Waals surface area contributed by atoms with E-state index in [1.807, 2.05) is 0 Å². The van der Waals surface area contributed by atoms with E-state index in [1.165, 1.54) is 77.0 Å². The van der Waals surface area contributed by atoms with E-state index in [2.05, 4.69) is 41.5 Å². The van der Waals surface area contributed by atoms with Crippen molar-refractivity contribution >= 4 is 23.7 Å². The lowest BCUT2D eigenvalue weighted by molar-refractivity contribution is 0.667.